The summed E-state index contributed by atoms with van der Waals surface area (Å²) in [6, 6.07) is 18.0. The monoisotopic (exact) mass is 329 g/mol. The highest BCUT2D eigenvalue weighted by atomic mass is 32.2. The van der Waals surface area contributed by atoms with Crippen molar-refractivity contribution in [1.82, 2.24) is 14.8 Å². The number of methoxy groups -OCH3 is 1. The van der Waals surface area contributed by atoms with Crippen LogP contribution in [0.15, 0.2) is 59.5 Å². The molecule has 0 aliphatic heterocycles. The Morgan fingerprint density at radius 1 is 1.14 bits per heavy atom. The summed E-state index contributed by atoms with van der Waals surface area (Å²) < 4.78 is 7.74. The van der Waals surface area contributed by atoms with Gasteiger partial charge >= 0.3 is 0 Å². The average Bonchev–Trinajstić information content (AvgIpc) is 2.95. The Bertz CT molecular complexity index is 794. The fraction of sp³-hybridized carbons (Fsp3) is 0.125. The highest BCUT2D eigenvalue weighted by Gasteiger charge is 2.08. The minimum absolute atomic E-state index is 0.608. The lowest BCUT2D eigenvalue weighted by molar-refractivity contribution is 0.414. The van der Waals surface area contributed by atoms with E-state index in [0.29, 0.717) is 4.77 Å². The van der Waals surface area contributed by atoms with Gasteiger partial charge in [0.2, 0.25) is 0 Å². The first-order valence-corrected chi connectivity index (χ1v) is 8.16. The van der Waals surface area contributed by atoms with Gasteiger partial charge in [-0.25, -0.2) is 0 Å². The van der Waals surface area contributed by atoms with Gasteiger partial charge in [0.05, 0.1) is 12.9 Å². The first kappa shape index (κ1) is 14.9. The van der Waals surface area contributed by atoms with Crippen molar-refractivity contribution in [1.29, 1.82) is 0 Å². The van der Waals surface area contributed by atoms with Gasteiger partial charge in [0.1, 0.15) is 11.6 Å². The molecular weight excluding hydrogens is 314 g/mol. The maximum absolute atomic E-state index is 5.34. The van der Waals surface area contributed by atoms with Crippen LogP contribution in [0, 0.1) is 4.77 Å². The first-order chi connectivity index (χ1) is 10.8. The number of H-pyrrole nitrogens is 1. The zero-order valence-electron chi connectivity index (χ0n) is 12.0. The largest absolute Gasteiger partial charge is 0.497 e. The predicted molar refractivity (Wildman–Crippen MR) is 91.3 cm³/mol. The lowest BCUT2D eigenvalue weighted by atomic mass is 10.3. The quantitative estimate of drug-likeness (QED) is 0.562. The van der Waals surface area contributed by atoms with E-state index in [9.17, 15) is 0 Å². The smallest absolute Gasteiger partial charge is 0.199 e. The van der Waals surface area contributed by atoms with Gasteiger partial charge in [-0.05, 0) is 48.6 Å². The molecule has 0 atom stereocenters. The number of hydrogen-bond acceptors (Lipinski definition) is 4. The summed E-state index contributed by atoms with van der Waals surface area (Å²) in [4.78, 5) is 1.16. The van der Waals surface area contributed by atoms with Crippen molar-refractivity contribution >= 4 is 24.0 Å². The lowest BCUT2D eigenvalue weighted by Crippen LogP contribution is -1.99. The topological polar surface area (TPSA) is 42.8 Å². The van der Waals surface area contributed by atoms with Gasteiger partial charge in [0, 0.05) is 10.6 Å². The van der Waals surface area contributed by atoms with Crippen LogP contribution in [0.5, 0.6) is 5.75 Å². The van der Waals surface area contributed by atoms with Crippen molar-refractivity contribution in [2.45, 2.75) is 10.6 Å². The van der Waals surface area contributed by atoms with Crippen LogP contribution in [-0.4, -0.2) is 21.9 Å². The number of aromatic amines is 1. The van der Waals surface area contributed by atoms with Crippen molar-refractivity contribution in [3.05, 3.63) is 65.2 Å². The third-order valence-corrected chi connectivity index (χ3v) is 4.47. The highest BCUT2D eigenvalue weighted by Crippen LogP contribution is 2.25. The van der Waals surface area contributed by atoms with Crippen LogP contribution in [0.3, 0.4) is 0 Å². The Labute approximate surface area is 138 Å². The van der Waals surface area contributed by atoms with E-state index in [1.54, 1.807) is 18.9 Å². The maximum atomic E-state index is 5.34. The molecule has 0 spiro atoms. The molecule has 1 N–H and O–H groups in total. The SMILES string of the molecule is COc1ccc(SCc2n[nH]c(=S)n2-c2ccccc2)cc1. The van der Waals surface area contributed by atoms with E-state index >= 15 is 0 Å². The Balaban J connectivity index is 1.80. The second kappa shape index (κ2) is 6.81. The van der Waals surface area contributed by atoms with Crippen LogP contribution in [-0.2, 0) is 5.75 Å². The normalized spacial score (nSPS) is 10.6. The summed E-state index contributed by atoms with van der Waals surface area (Å²) in [5.41, 5.74) is 1.02. The number of benzene rings is 2. The summed E-state index contributed by atoms with van der Waals surface area (Å²) in [5.74, 6) is 2.49. The van der Waals surface area contributed by atoms with Gasteiger partial charge in [0.25, 0.3) is 0 Å². The molecule has 6 heteroatoms. The second-order valence-corrected chi connectivity index (χ2v) is 6.02. The standard InChI is InChI=1S/C16H15N3OS2/c1-20-13-7-9-14(10-8-13)22-11-15-17-18-16(21)19(15)12-5-3-2-4-6-12/h2-10H,11H2,1H3,(H,18,21). The molecule has 2 aromatic carbocycles. The van der Waals surface area contributed by atoms with E-state index in [0.717, 1.165) is 27.9 Å². The molecule has 0 bridgehead atoms. The van der Waals surface area contributed by atoms with Crippen LogP contribution in [0.2, 0.25) is 0 Å². The van der Waals surface area contributed by atoms with E-state index in [1.165, 1.54) is 0 Å². The van der Waals surface area contributed by atoms with Crippen molar-refractivity contribution in [3.63, 3.8) is 0 Å². The molecule has 0 amide bonds. The molecule has 3 aromatic rings. The molecule has 0 saturated carbocycles. The van der Waals surface area contributed by atoms with Crippen molar-refractivity contribution in [3.8, 4) is 11.4 Å². The minimum atomic E-state index is 0.608. The van der Waals surface area contributed by atoms with Gasteiger partial charge in [0.15, 0.2) is 4.77 Å². The second-order valence-electron chi connectivity index (χ2n) is 4.58. The fourth-order valence-corrected chi connectivity index (χ4v) is 3.16. The molecule has 3 rings (SSSR count). The van der Waals surface area contributed by atoms with E-state index < -0.39 is 0 Å². The van der Waals surface area contributed by atoms with Gasteiger partial charge in [-0.1, -0.05) is 18.2 Å². The molecule has 22 heavy (non-hydrogen) atoms. The van der Waals surface area contributed by atoms with Gasteiger partial charge in [-0.3, -0.25) is 9.67 Å². The molecule has 0 fully saturated rings. The number of thioether (sulfide) groups is 1. The van der Waals surface area contributed by atoms with Crippen molar-refractivity contribution in [2.75, 3.05) is 7.11 Å². The zero-order valence-corrected chi connectivity index (χ0v) is 13.7. The first-order valence-electron chi connectivity index (χ1n) is 6.76. The van der Waals surface area contributed by atoms with Crippen LogP contribution in [0.4, 0.5) is 0 Å². The number of para-hydroxylation sites is 1. The number of hydrogen-bond donors (Lipinski definition) is 1. The number of nitrogens with one attached hydrogen (secondary N) is 1. The fourth-order valence-electron chi connectivity index (χ4n) is 2.09. The zero-order chi connectivity index (χ0) is 15.4. The maximum Gasteiger partial charge on any atom is 0.199 e. The van der Waals surface area contributed by atoms with Crippen molar-refractivity contribution < 1.29 is 4.74 Å². The summed E-state index contributed by atoms with van der Waals surface area (Å²) in [7, 11) is 1.67. The molecule has 4 nitrogen and oxygen atoms in total. The van der Waals surface area contributed by atoms with Gasteiger partial charge in [-0.15, -0.1) is 11.8 Å². The Hall–Kier alpha value is -2.05. The molecule has 112 valence electrons. The third-order valence-electron chi connectivity index (χ3n) is 3.18. The third kappa shape index (κ3) is 3.23. The van der Waals surface area contributed by atoms with E-state index in [1.807, 2.05) is 59.2 Å². The van der Waals surface area contributed by atoms with E-state index in [2.05, 4.69) is 10.2 Å². The van der Waals surface area contributed by atoms with Gasteiger partial charge < -0.3 is 4.74 Å². The highest BCUT2D eigenvalue weighted by molar-refractivity contribution is 7.98. The molecule has 1 heterocycles. The summed E-state index contributed by atoms with van der Waals surface area (Å²) in [5, 5.41) is 7.21. The Morgan fingerprint density at radius 2 is 1.86 bits per heavy atom. The molecule has 0 aliphatic carbocycles. The summed E-state index contributed by atoms with van der Waals surface area (Å²) >= 11 is 7.05. The lowest BCUT2D eigenvalue weighted by Gasteiger charge is -2.07. The number of ether oxygens (including phenoxy) is 1. The number of rotatable bonds is 5. The minimum Gasteiger partial charge on any atom is -0.497 e. The summed E-state index contributed by atoms with van der Waals surface area (Å²) in [6.45, 7) is 0. The Kier molecular flexibility index (Phi) is 4.60. The molecule has 0 aliphatic rings. The van der Waals surface area contributed by atoms with Crippen LogP contribution < -0.4 is 4.74 Å². The van der Waals surface area contributed by atoms with Crippen LogP contribution in [0.1, 0.15) is 5.82 Å². The van der Waals surface area contributed by atoms with E-state index in [4.69, 9.17) is 17.0 Å². The molecule has 0 unspecified atom stereocenters. The van der Waals surface area contributed by atoms with Gasteiger partial charge in [-0.2, -0.15) is 5.10 Å². The Morgan fingerprint density at radius 3 is 2.55 bits per heavy atom. The van der Waals surface area contributed by atoms with Crippen molar-refractivity contribution in [2.24, 2.45) is 0 Å². The van der Waals surface area contributed by atoms with Crippen LogP contribution >= 0.6 is 24.0 Å². The molecular formula is C16H15N3OS2. The van der Waals surface area contributed by atoms with E-state index in [-0.39, 0.29) is 0 Å². The number of aromatic nitrogens is 3. The molecule has 1 aromatic heterocycles. The summed E-state index contributed by atoms with van der Waals surface area (Å²) in [6.07, 6.45) is 0. The molecule has 0 radical (unpaired) electrons. The molecule has 0 saturated heterocycles. The average molecular weight is 329 g/mol. The predicted octanol–water partition coefficient (Wildman–Crippen LogP) is 4.23. The van der Waals surface area contributed by atoms with Crippen LogP contribution in [0.25, 0.3) is 5.69 Å². The number of nitrogens with zero attached hydrogens (tertiary/aromatic N) is 2.